The fraction of sp³-hybridized carbons (Fsp3) is 0.273. The number of aryl methyl sites for hydroxylation is 1. The fourth-order valence-corrected chi connectivity index (χ4v) is 3.55. The number of amides is 1. The van der Waals surface area contributed by atoms with E-state index in [1.807, 2.05) is 31.3 Å². The lowest BCUT2D eigenvalue weighted by Crippen LogP contribution is -2.26. The van der Waals surface area contributed by atoms with E-state index in [0.29, 0.717) is 13.0 Å². The maximum Gasteiger partial charge on any atom is 0.251 e. The number of fused-ring (bicyclic) bond motifs is 1. The molecule has 1 unspecified atom stereocenters. The van der Waals surface area contributed by atoms with Crippen molar-refractivity contribution < 1.29 is 4.79 Å². The van der Waals surface area contributed by atoms with E-state index in [1.165, 1.54) is 5.57 Å². The summed E-state index contributed by atoms with van der Waals surface area (Å²) in [6, 6.07) is 3.29. The number of nitrogens with zero attached hydrogens (tertiary/aromatic N) is 3. The molecule has 0 spiro atoms. The van der Waals surface area contributed by atoms with Crippen LogP contribution in [0, 0.1) is 0 Å². The lowest BCUT2D eigenvalue weighted by Gasteiger charge is -2.25. The summed E-state index contributed by atoms with van der Waals surface area (Å²) in [6.45, 7) is 3.54. The van der Waals surface area contributed by atoms with Gasteiger partial charge in [0.2, 0.25) is 5.91 Å². The summed E-state index contributed by atoms with van der Waals surface area (Å²) in [6.07, 6.45) is 12.9. The first-order valence-electron chi connectivity index (χ1n) is 9.70. The van der Waals surface area contributed by atoms with Gasteiger partial charge in [-0.1, -0.05) is 19.1 Å². The number of allylic oxidation sites excluding steroid dienone is 3. The van der Waals surface area contributed by atoms with Crippen LogP contribution in [-0.2, 0) is 17.8 Å². The number of H-pyrrole nitrogens is 1. The lowest BCUT2D eigenvalue weighted by molar-refractivity contribution is -0.118. The van der Waals surface area contributed by atoms with Crippen molar-refractivity contribution in [1.82, 2.24) is 14.9 Å². The minimum Gasteiger partial charge on any atom is -0.373 e. The quantitative estimate of drug-likeness (QED) is 0.784. The van der Waals surface area contributed by atoms with E-state index < -0.39 is 11.9 Å². The highest BCUT2D eigenvalue weighted by atomic mass is 35.5. The molecule has 0 bridgehead atoms. The Balaban J connectivity index is 0.00000256. The Hall–Kier alpha value is -3.19. The number of rotatable bonds is 4. The molecular formula is C22H24ClN5O2. The number of carbonyl (C=O) groups is 1. The summed E-state index contributed by atoms with van der Waals surface area (Å²) < 4.78 is 0. The Bertz CT molecular complexity index is 1130. The summed E-state index contributed by atoms with van der Waals surface area (Å²) >= 11 is 0. The monoisotopic (exact) mass is 425 g/mol. The average molecular weight is 426 g/mol. The highest BCUT2D eigenvalue weighted by Crippen LogP contribution is 2.21. The summed E-state index contributed by atoms with van der Waals surface area (Å²) in [7, 11) is 0. The second kappa shape index (κ2) is 9.09. The zero-order valence-electron chi connectivity index (χ0n) is 16.7. The summed E-state index contributed by atoms with van der Waals surface area (Å²) in [5.74, 6) is -0.442. The van der Waals surface area contributed by atoms with Gasteiger partial charge in [0, 0.05) is 31.1 Å². The third-order valence-corrected chi connectivity index (χ3v) is 5.24. The fourth-order valence-electron chi connectivity index (χ4n) is 3.55. The van der Waals surface area contributed by atoms with Gasteiger partial charge in [-0.25, -0.2) is 0 Å². The number of hydrogen-bond acceptors (Lipinski definition) is 5. The Morgan fingerprint density at radius 2 is 2.17 bits per heavy atom. The zero-order valence-corrected chi connectivity index (χ0v) is 17.5. The van der Waals surface area contributed by atoms with Crippen molar-refractivity contribution in [3.05, 3.63) is 75.4 Å². The molecule has 0 aliphatic carbocycles. The van der Waals surface area contributed by atoms with E-state index in [0.717, 1.165) is 40.7 Å². The molecule has 0 aromatic carbocycles. The first kappa shape index (κ1) is 21.5. The van der Waals surface area contributed by atoms with Crippen LogP contribution in [0.1, 0.15) is 24.5 Å². The molecule has 1 atom stereocenters. The first-order chi connectivity index (χ1) is 14.0. The molecule has 2 aliphatic heterocycles. The van der Waals surface area contributed by atoms with E-state index in [-0.39, 0.29) is 18.0 Å². The second-order valence-corrected chi connectivity index (χ2v) is 7.25. The molecule has 8 heteroatoms. The Kier molecular flexibility index (Phi) is 6.52. The normalized spacial score (nSPS) is 20.4. The molecule has 2 aromatic heterocycles. The van der Waals surface area contributed by atoms with E-state index >= 15 is 0 Å². The predicted octanol–water partition coefficient (Wildman–Crippen LogP) is 2.42. The molecule has 4 rings (SSSR count). The molecule has 0 radical (unpaired) electrons. The third-order valence-electron chi connectivity index (χ3n) is 5.24. The van der Waals surface area contributed by atoms with E-state index in [4.69, 9.17) is 5.73 Å². The number of hydrogen-bond donors (Lipinski definition) is 2. The topological polar surface area (TPSA) is 104 Å². The van der Waals surface area contributed by atoms with Gasteiger partial charge in [-0.05, 0) is 54.0 Å². The zero-order chi connectivity index (χ0) is 20.4. The number of pyridine rings is 2. The van der Waals surface area contributed by atoms with Crippen LogP contribution in [0.5, 0.6) is 0 Å². The van der Waals surface area contributed by atoms with Gasteiger partial charge in [0.1, 0.15) is 6.04 Å². The van der Waals surface area contributed by atoms with Crippen molar-refractivity contribution in [1.29, 1.82) is 0 Å². The molecule has 7 nitrogen and oxygen atoms in total. The maximum absolute atomic E-state index is 12.1. The van der Waals surface area contributed by atoms with Gasteiger partial charge in [0.15, 0.2) is 0 Å². The predicted molar refractivity (Wildman–Crippen MR) is 121 cm³/mol. The maximum atomic E-state index is 12.1. The molecule has 2 aromatic rings. The molecule has 2 aliphatic rings. The first-order valence-corrected chi connectivity index (χ1v) is 9.70. The van der Waals surface area contributed by atoms with E-state index in [2.05, 4.69) is 32.1 Å². The molecule has 1 amide bonds. The highest BCUT2D eigenvalue weighted by molar-refractivity contribution is 5.91. The van der Waals surface area contributed by atoms with Crippen LogP contribution in [0.2, 0.25) is 0 Å². The van der Waals surface area contributed by atoms with E-state index in [1.54, 1.807) is 12.3 Å². The van der Waals surface area contributed by atoms with Crippen molar-refractivity contribution >= 4 is 35.6 Å². The van der Waals surface area contributed by atoms with Crippen LogP contribution < -0.4 is 11.3 Å². The van der Waals surface area contributed by atoms with Gasteiger partial charge in [0.25, 0.3) is 5.56 Å². The van der Waals surface area contributed by atoms with Crippen LogP contribution in [0.4, 0.5) is 0 Å². The minimum absolute atomic E-state index is 0. The minimum atomic E-state index is -0.566. The largest absolute Gasteiger partial charge is 0.373 e. The van der Waals surface area contributed by atoms with Crippen molar-refractivity contribution in [3.63, 3.8) is 0 Å². The smallest absolute Gasteiger partial charge is 0.251 e. The summed E-state index contributed by atoms with van der Waals surface area (Å²) in [4.78, 5) is 37.1. The van der Waals surface area contributed by atoms with Gasteiger partial charge in [-0.15, -0.1) is 12.4 Å². The van der Waals surface area contributed by atoms with Crippen LogP contribution in [0.3, 0.4) is 0 Å². The molecule has 0 saturated carbocycles. The van der Waals surface area contributed by atoms with Crippen molar-refractivity contribution in [2.45, 2.75) is 32.4 Å². The lowest BCUT2D eigenvalue weighted by atomic mass is 10.00. The van der Waals surface area contributed by atoms with E-state index in [9.17, 15) is 9.59 Å². The second-order valence-electron chi connectivity index (χ2n) is 7.25. The molecule has 3 N–H and O–H groups in total. The average Bonchev–Trinajstić information content (AvgIpc) is 2.74. The van der Waals surface area contributed by atoms with Crippen LogP contribution in [0.25, 0.3) is 11.0 Å². The summed E-state index contributed by atoms with van der Waals surface area (Å²) in [5.41, 5.74) is 10.8. The number of halogens is 1. The van der Waals surface area contributed by atoms with Gasteiger partial charge in [0.05, 0.1) is 11.0 Å². The molecule has 30 heavy (non-hydrogen) atoms. The molecule has 156 valence electrons. The standard InChI is InChI=1S/C22H23N5O2.ClH/c1-2-15-10-19-20(26-22(15)29)9-14(11-24-19)13-27-7-5-16(6-8-27)17-3-4-18(21(23)28)25-12-17;/h3-5,7,9-12,18H,2,6,8,13H2,1H3,(H2,23,28)(H,26,29);1H. The number of aromatic amines is 1. The van der Waals surface area contributed by atoms with Crippen molar-refractivity contribution in [2.75, 3.05) is 6.54 Å². The molecular weight excluding hydrogens is 402 g/mol. The number of primary amides is 1. The Labute approximate surface area is 180 Å². The van der Waals surface area contributed by atoms with Crippen LogP contribution in [-0.4, -0.2) is 39.6 Å². The number of aromatic nitrogens is 2. The van der Waals surface area contributed by atoms with Gasteiger partial charge >= 0.3 is 0 Å². The number of aliphatic imine (C=N–C) groups is 1. The number of nitrogens with one attached hydrogen (secondary N) is 1. The third kappa shape index (κ3) is 4.52. The molecule has 0 fully saturated rings. The SMILES string of the molecule is CCc1cc2ncc(CN3C=CC(=C4C=CC(C(N)=O)N=C4)CC3)cc2[nH]c1=O.Cl. The molecule has 0 saturated heterocycles. The van der Waals surface area contributed by atoms with Gasteiger partial charge in [-0.2, -0.15) is 0 Å². The number of carbonyl (C=O) groups excluding carboxylic acids is 1. The van der Waals surface area contributed by atoms with Crippen LogP contribution >= 0.6 is 12.4 Å². The molecule has 4 heterocycles. The summed E-state index contributed by atoms with van der Waals surface area (Å²) in [5, 5.41) is 0. The number of nitrogens with two attached hydrogens (primary N) is 1. The van der Waals surface area contributed by atoms with Crippen LogP contribution in [0.15, 0.2) is 63.7 Å². The highest BCUT2D eigenvalue weighted by Gasteiger charge is 2.15. The van der Waals surface area contributed by atoms with Gasteiger partial charge < -0.3 is 15.6 Å². The number of dihydropyridines is 1. The van der Waals surface area contributed by atoms with Gasteiger partial charge in [-0.3, -0.25) is 19.6 Å². The van der Waals surface area contributed by atoms with Crippen molar-refractivity contribution in [3.8, 4) is 0 Å². The Morgan fingerprint density at radius 3 is 2.80 bits per heavy atom. The van der Waals surface area contributed by atoms with Crippen molar-refractivity contribution in [2.24, 2.45) is 10.7 Å². The Morgan fingerprint density at radius 1 is 1.33 bits per heavy atom.